The number of benzene rings is 7. The van der Waals surface area contributed by atoms with Crippen molar-refractivity contribution in [2.45, 2.75) is 168 Å². The number of cyclic esters (lactones) is 3. The maximum Gasteiger partial charge on any atom is 0.416 e. The molecule has 3 N–H and O–H groups in total. The Morgan fingerprint density at radius 1 is 0.432 bits per heavy atom. The topological polar surface area (TPSA) is 306 Å². The number of carboxylic acids is 3. The number of rotatable bonds is 25. The third-order valence-electron chi connectivity index (χ3n) is 23.8. The molecular formula is C94H90F12N12O14. The molecule has 6 aliphatic heterocycles. The first-order valence-corrected chi connectivity index (χ1v) is 42.1. The van der Waals surface area contributed by atoms with E-state index in [0.29, 0.717) is 104 Å². The van der Waals surface area contributed by atoms with Crippen molar-refractivity contribution in [3.63, 3.8) is 0 Å². The molecule has 0 saturated carbocycles. The minimum absolute atomic E-state index is 0.00957. The second-order valence-electron chi connectivity index (χ2n) is 33.2. The molecule has 0 bridgehead atoms. The van der Waals surface area contributed by atoms with E-state index in [1.807, 2.05) is 15.9 Å². The Balaban J connectivity index is 0.000000160. The Hall–Kier alpha value is -13.8. The Morgan fingerprint density at radius 3 is 1.09 bits per heavy atom. The zero-order valence-electron chi connectivity index (χ0n) is 72.7. The van der Waals surface area contributed by atoms with Crippen molar-refractivity contribution >= 4 is 54.0 Å². The van der Waals surface area contributed by atoms with Gasteiger partial charge in [0.25, 0.3) is 0 Å². The maximum atomic E-state index is 15.6. The summed E-state index contributed by atoms with van der Waals surface area (Å²) in [5, 5.41) is 27.6. The summed E-state index contributed by atoms with van der Waals surface area (Å²) < 4.78 is 194. The lowest BCUT2D eigenvalue weighted by molar-refractivity contribution is -0.138. The van der Waals surface area contributed by atoms with E-state index in [1.165, 1.54) is 72.4 Å². The van der Waals surface area contributed by atoms with Crippen molar-refractivity contribution in [3.05, 3.63) is 241 Å². The van der Waals surface area contributed by atoms with Gasteiger partial charge in [0.05, 0.1) is 104 Å². The zero-order valence-corrected chi connectivity index (χ0v) is 72.7. The van der Waals surface area contributed by atoms with Crippen LogP contribution in [-0.2, 0) is 74.8 Å². The molecular weight excluding hydrogens is 1750 g/mol. The molecule has 3 aromatic heterocycles. The van der Waals surface area contributed by atoms with Gasteiger partial charge in [0.2, 0.25) is 17.8 Å². The van der Waals surface area contributed by atoms with Gasteiger partial charge in [-0.25, -0.2) is 62.3 Å². The average molecular weight is 1840 g/mol. The number of hydrogen-bond acceptors (Lipinski definition) is 20. The standard InChI is InChI=1S/C34H29F5N4O4.C30H30F4N4O5.C30H31F3N4O5/c1-17-9-21(12-22(10-17)34(37,38)39)30-19(3)43(33(46)47-30)16-29-26(15-40-32(41-29)42-7-4-8-42)25-13-24(27(35)14-28(25)36)23-6-5-20(31(44)45)11-18(23)2;1-16-8-19(11-20(9-16)30(32,33)34)27-17(2)38(29(41)43-27)15-24-23(12-35-28(36-24)37-13-21(31)14-37)22-10-18(5-7-26(39)40)4-6-25(22)42-3;1-17-11-20(14-21(12-17)30(31,32)33)27-18(2)37(29(40)42-27)16-24-23(15-34-28(35-24)36-9-4-10-36)22-13-19(6-8-26(38)39)5-7-25(22)41-3/h5-6,9-15,19,30H,4,7-8,16H2,1-3H3,(H,44,45);4,6,8-12,17,21,27H,5,7,13-15H2,1-3H3,(H,39,40);5,7,11-15,18,27H,4,6,8-10,16H2,1-3H3,(H,38,39)/t19-,30-;17-,27-;18-,27-/m000/s1. The van der Waals surface area contributed by atoms with Crippen molar-refractivity contribution in [1.82, 2.24) is 44.6 Å². The lowest BCUT2D eigenvalue weighted by Gasteiger charge is -2.34. The molecule has 0 unspecified atom stereocenters. The quantitative estimate of drug-likeness (QED) is 0.0354. The molecule has 7 aromatic carbocycles. The number of aromatic carboxylic acids is 1. The van der Waals surface area contributed by atoms with Crippen molar-refractivity contribution in [2.24, 2.45) is 0 Å². The number of carbonyl (C=O) groups is 6. The number of ether oxygens (including phenoxy) is 5. The van der Waals surface area contributed by atoms with E-state index in [1.54, 1.807) is 101 Å². The number of amides is 3. The predicted octanol–water partition coefficient (Wildman–Crippen LogP) is 19.2. The molecule has 6 fully saturated rings. The fourth-order valence-corrected chi connectivity index (χ4v) is 16.5. The summed E-state index contributed by atoms with van der Waals surface area (Å²) in [6.07, 6.45) is -12.8. The molecule has 0 radical (unpaired) electrons. The van der Waals surface area contributed by atoms with Crippen LogP contribution in [0.25, 0.3) is 44.5 Å². The predicted molar refractivity (Wildman–Crippen MR) is 456 cm³/mol. The van der Waals surface area contributed by atoms with Gasteiger partial charge in [-0.05, 0) is 192 Å². The van der Waals surface area contributed by atoms with Gasteiger partial charge in [-0.2, -0.15) is 39.5 Å². The second-order valence-corrected chi connectivity index (χ2v) is 33.2. The van der Waals surface area contributed by atoms with Crippen LogP contribution in [0.1, 0.15) is 159 Å². The van der Waals surface area contributed by atoms with Gasteiger partial charge >= 0.3 is 54.7 Å². The number of aliphatic carboxylic acids is 2. The van der Waals surface area contributed by atoms with Crippen molar-refractivity contribution in [3.8, 4) is 56.0 Å². The summed E-state index contributed by atoms with van der Waals surface area (Å²) in [4.78, 5) is 110. The number of aromatic nitrogens is 6. The molecule has 694 valence electrons. The highest BCUT2D eigenvalue weighted by molar-refractivity contribution is 5.89. The molecule has 0 spiro atoms. The van der Waals surface area contributed by atoms with Gasteiger partial charge in [0.1, 0.15) is 47.6 Å². The van der Waals surface area contributed by atoms with Gasteiger partial charge in [0.15, 0.2) is 0 Å². The molecule has 38 heteroatoms. The highest BCUT2D eigenvalue weighted by atomic mass is 19.4. The van der Waals surface area contributed by atoms with Gasteiger partial charge in [-0.3, -0.25) is 24.3 Å². The van der Waals surface area contributed by atoms with Gasteiger partial charge in [-0.1, -0.05) is 53.1 Å². The van der Waals surface area contributed by atoms with Crippen LogP contribution < -0.4 is 24.2 Å². The van der Waals surface area contributed by atoms with Crippen LogP contribution in [0.4, 0.5) is 84.9 Å². The smallest absolute Gasteiger partial charge is 0.416 e. The zero-order chi connectivity index (χ0) is 95.0. The Kier molecular flexibility index (Phi) is 27.4. The van der Waals surface area contributed by atoms with Crippen LogP contribution in [0.5, 0.6) is 11.5 Å². The summed E-state index contributed by atoms with van der Waals surface area (Å²) in [5.41, 5.74) is 5.16. The lowest BCUT2D eigenvalue weighted by Crippen LogP contribution is -2.49. The van der Waals surface area contributed by atoms with E-state index in [0.717, 1.165) is 79.5 Å². The molecule has 26 nitrogen and oxygen atoms in total. The number of carboxylic acid groups (broad SMARTS) is 3. The number of methoxy groups -OCH3 is 2. The van der Waals surface area contributed by atoms with E-state index in [9.17, 15) is 77.8 Å². The number of alkyl halides is 10. The van der Waals surface area contributed by atoms with Crippen molar-refractivity contribution in [1.29, 1.82) is 0 Å². The first-order chi connectivity index (χ1) is 62.5. The molecule has 10 aromatic rings. The number of halogens is 12. The van der Waals surface area contributed by atoms with E-state index in [-0.39, 0.29) is 103 Å². The van der Waals surface area contributed by atoms with E-state index in [2.05, 4.69) is 24.9 Å². The van der Waals surface area contributed by atoms with Crippen LogP contribution in [0.2, 0.25) is 0 Å². The fraction of sp³-hybridized carbons (Fsp3) is 0.362. The molecule has 6 atom stereocenters. The van der Waals surface area contributed by atoms with Crippen LogP contribution in [0.3, 0.4) is 0 Å². The largest absolute Gasteiger partial charge is 0.496 e. The van der Waals surface area contributed by atoms with Crippen molar-refractivity contribution in [2.75, 3.05) is 68.2 Å². The minimum Gasteiger partial charge on any atom is -0.496 e. The summed E-state index contributed by atoms with van der Waals surface area (Å²) >= 11 is 0. The number of carbonyl (C=O) groups excluding carboxylic acids is 3. The normalized spacial score (nSPS) is 18.4. The average Bonchev–Trinajstić information content (AvgIpc) is 1.52. The Labute approximate surface area is 748 Å². The molecule has 16 rings (SSSR count). The van der Waals surface area contributed by atoms with Gasteiger partial charge in [-0.15, -0.1) is 0 Å². The summed E-state index contributed by atoms with van der Waals surface area (Å²) in [6.45, 7) is 14.2. The van der Waals surface area contributed by atoms with E-state index < -0.39 is 126 Å². The van der Waals surface area contributed by atoms with E-state index in [4.69, 9.17) is 38.9 Å². The molecule has 0 aliphatic carbocycles. The first-order valence-electron chi connectivity index (χ1n) is 42.1. The van der Waals surface area contributed by atoms with Crippen LogP contribution in [0.15, 0.2) is 140 Å². The SMILES string of the molecule is COc1ccc(CCC(=O)O)cc1-c1cnc(N2CC(F)C2)nc1CN1C(=O)O[C@H](c2cc(C)cc(C(F)(F)F)c2)[C@@H]1C.COc1ccc(CCC(=O)O)cc1-c1cnc(N2CCC2)nc1CN1C(=O)O[C@H](c2cc(C)cc(C(F)(F)F)c2)[C@@H]1C.Cc1cc([C@H]2OC(=O)N(Cc3nc(N4CCC4)ncc3-c3cc(-c4ccc(C(=O)O)cc4C)c(F)cc3F)[C@H]2C)cc(C(F)(F)F)c1. The highest BCUT2D eigenvalue weighted by Gasteiger charge is 2.47. The van der Waals surface area contributed by atoms with Gasteiger partial charge < -0.3 is 53.7 Å². The van der Waals surface area contributed by atoms with Crippen LogP contribution >= 0.6 is 0 Å². The lowest BCUT2D eigenvalue weighted by atomic mass is 9.94. The molecule has 9 heterocycles. The molecule has 3 amide bonds. The first kappa shape index (κ1) is 94.3. The molecule has 132 heavy (non-hydrogen) atoms. The molecule has 6 aliphatic rings. The number of aryl methyl sites for hydroxylation is 6. The number of nitrogens with zero attached hydrogens (tertiary/aromatic N) is 12. The number of anilines is 3. The fourth-order valence-electron chi connectivity index (χ4n) is 16.5. The summed E-state index contributed by atoms with van der Waals surface area (Å²) in [7, 11) is 3.00. The number of hydrogen-bond donors (Lipinski definition) is 3. The third-order valence-corrected chi connectivity index (χ3v) is 23.8. The highest BCUT2D eigenvalue weighted by Crippen LogP contribution is 2.46. The second kappa shape index (κ2) is 38.3. The Bertz CT molecular complexity index is 6110. The Morgan fingerprint density at radius 2 is 0.780 bits per heavy atom. The molecule has 6 saturated heterocycles. The van der Waals surface area contributed by atoms with Crippen LogP contribution in [0, 0.1) is 39.3 Å². The maximum absolute atomic E-state index is 15.6. The van der Waals surface area contributed by atoms with Crippen molar-refractivity contribution < 1.29 is 120 Å². The minimum atomic E-state index is -4.59. The van der Waals surface area contributed by atoms with E-state index >= 15 is 8.78 Å². The summed E-state index contributed by atoms with van der Waals surface area (Å²) in [5.74, 6) is -2.70. The monoisotopic (exact) mass is 1840 g/mol. The summed E-state index contributed by atoms with van der Waals surface area (Å²) in [6, 6.07) is 25.5. The van der Waals surface area contributed by atoms with Gasteiger partial charge in [0, 0.05) is 103 Å². The van der Waals surface area contributed by atoms with Crippen LogP contribution in [-0.4, -0.2) is 174 Å². The third kappa shape index (κ3) is 20.8.